The standard InChI is InChI=1S/C12H10N2O4/c1-6-10(12(13)17)11(16)8(4-14-6)9-3-2-7(5-15)18-9/h2-5H,1H3,(H2,13,17)(H,14,16). The Kier molecular flexibility index (Phi) is 2.85. The second-order valence-electron chi connectivity index (χ2n) is 3.72. The van der Waals surface area contributed by atoms with Crippen molar-refractivity contribution in [2.75, 3.05) is 0 Å². The molecule has 2 aromatic rings. The number of H-pyrrole nitrogens is 1. The van der Waals surface area contributed by atoms with Gasteiger partial charge in [-0.1, -0.05) is 0 Å². The third-order valence-corrected chi connectivity index (χ3v) is 2.53. The third-order valence-electron chi connectivity index (χ3n) is 2.53. The SMILES string of the molecule is Cc1[nH]cc(-c2ccc(C=O)o2)c(=O)c1C(N)=O. The Bertz CT molecular complexity index is 682. The molecule has 6 heteroatoms. The number of amides is 1. The molecule has 2 aromatic heterocycles. The molecule has 92 valence electrons. The minimum absolute atomic E-state index is 0.102. The van der Waals surface area contributed by atoms with E-state index in [1.807, 2.05) is 0 Å². The van der Waals surface area contributed by atoms with Gasteiger partial charge in [-0.3, -0.25) is 14.4 Å². The van der Waals surface area contributed by atoms with E-state index in [-0.39, 0.29) is 22.6 Å². The third kappa shape index (κ3) is 1.84. The van der Waals surface area contributed by atoms with Crippen LogP contribution in [0, 0.1) is 6.92 Å². The molecule has 0 aromatic carbocycles. The molecule has 2 heterocycles. The number of hydrogen-bond donors (Lipinski definition) is 2. The lowest BCUT2D eigenvalue weighted by molar-refractivity contribution is 0.0997. The maximum Gasteiger partial charge on any atom is 0.254 e. The summed E-state index contributed by atoms with van der Waals surface area (Å²) in [5.41, 5.74) is 5.05. The minimum Gasteiger partial charge on any atom is -0.453 e. The fraction of sp³-hybridized carbons (Fsp3) is 0.0833. The Labute approximate surface area is 101 Å². The number of nitrogens with two attached hydrogens (primary N) is 1. The number of furan rings is 1. The lowest BCUT2D eigenvalue weighted by Crippen LogP contribution is -2.25. The van der Waals surface area contributed by atoms with E-state index in [1.165, 1.54) is 18.3 Å². The van der Waals surface area contributed by atoms with Gasteiger partial charge in [-0.05, 0) is 19.1 Å². The summed E-state index contributed by atoms with van der Waals surface area (Å²) < 4.78 is 5.13. The van der Waals surface area contributed by atoms with Gasteiger partial charge in [-0.2, -0.15) is 0 Å². The number of carbonyl (C=O) groups is 2. The van der Waals surface area contributed by atoms with E-state index in [9.17, 15) is 14.4 Å². The van der Waals surface area contributed by atoms with Crippen molar-refractivity contribution < 1.29 is 14.0 Å². The Hall–Kier alpha value is -2.63. The summed E-state index contributed by atoms with van der Waals surface area (Å²) in [6.07, 6.45) is 1.94. The van der Waals surface area contributed by atoms with Crippen LogP contribution in [-0.2, 0) is 0 Å². The molecule has 0 spiro atoms. The molecule has 0 saturated heterocycles. The van der Waals surface area contributed by atoms with Crippen molar-refractivity contribution in [1.82, 2.24) is 4.98 Å². The average Bonchev–Trinajstić information content (AvgIpc) is 2.77. The first-order valence-electron chi connectivity index (χ1n) is 5.12. The maximum absolute atomic E-state index is 12.1. The number of rotatable bonds is 3. The highest BCUT2D eigenvalue weighted by Gasteiger charge is 2.16. The lowest BCUT2D eigenvalue weighted by Gasteiger charge is -2.03. The second kappa shape index (κ2) is 4.33. The summed E-state index contributed by atoms with van der Waals surface area (Å²) in [4.78, 5) is 36.5. The minimum atomic E-state index is -0.808. The van der Waals surface area contributed by atoms with Crippen LogP contribution in [0.5, 0.6) is 0 Å². The number of primary amides is 1. The molecule has 0 atom stereocenters. The van der Waals surface area contributed by atoms with Crippen molar-refractivity contribution in [3.8, 4) is 11.3 Å². The summed E-state index contributed by atoms with van der Waals surface area (Å²) in [6, 6.07) is 2.92. The first-order chi connectivity index (χ1) is 8.54. The number of carbonyl (C=O) groups excluding carboxylic acids is 2. The number of pyridine rings is 1. The van der Waals surface area contributed by atoms with Crippen molar-refractivity contribution in [2.24, 2.45) is 5.73 Å². The van der Waals surface area contributed by atoms with Gasteiger partial charge in [0.05, 0.1) is 5.56 Å². The van der Waals surface area contributed by atoms with Crippen LogP contribution in [0.4, 0.5) is 0 Å². The molecule has 0 saturated carbocycles. The van der Waals surface area contributed by atoms with Crippen LogP contribution in [0.3, 0.4) is 0 Å². The predicted molar refractivity (Wildman–Crippen MR) is 63.4 cm³/mol. The molecule has 18 heavy (non-hydrogen) atoms. The number of aromatic amines is 1. The highest BCUT2D eigenvalue weighted by Crippen LogP contribution is 2.18. The zero-order valence-electron chi connectivity index (χ0n) is 9.52. The van der Waals surface area contributed by atoms with Gasteiger partial charge in [0.15, 0.2) is 12.0 Å². The van der Waals surface area contributed by atoms with E-state index < -0.39 is 11.3 Å². The highest BCUT2D eigenvalue weighted by atomic mass is 16.3. The molecular formula is C12H10N2O4. The normalized spacial score (nSPS) is 10.3. The molecule has 0 bridgehead atoms. The van der Waals surface area contributed by atoms with Crippen LogP contribution in [0.1, 0.15) is 26.6 Å². The largest absolute Gasteiger partial charge is 0.453 e. The molecule has 0 fully saturated rings. The van der Waals surface area contributed by atoms with Gasteiger partial charge in [0.1, 0.15) is 11.3 Å². The van der Waals surface area contributed by atoms with Gasteiger partial charge < -0.3 is 15.1 Å². The van der Waals surface area contributed by atoms with Crippen LogP contribution in [-0.4, -0.2) is 17.2 Å². The molecule has 3 N–H and O–H groups in total. The summed E-state index contributed by atoms with van der Waals surface area (Å²) in [5.74, 6) is -0.496. The van der Waals surface area contributed by atoms with E-state index in [0.29, 0.717) is 12.0 Å². The van der Waals surface area contributed by atoms with Gasteiger partial charge in [0, 0.05) is 11.9 Å². The van der Waals surface area contributed by atoms with E-state index >= 15 is 0 Å². The Morgan fingerprint density at radius 1 is 1.44 bits per heavy atom. The molecule has 0 radical (unpaired) electrons. The smallest absolute Gasteiger partial charge is 0.254 e. The molecule has 0 aliphatic heterocycles. The molecule has 0 unspecified atom stereocenters. The lowest BCUT2D eigenvalue weighted by atomic mass is 10.1. The summed E-state index contributed by atoms with van der Waals surface area (Å²) in [7, 11) is 0. The Morgan fingerprint density at radius 2 is 2.17 bits per heavy atom. The van der Waals surface area contributed by atoms with Gasteiger partial charge in [0.25, 0.3) is 5.91 Å². The number of aldehydes is 1. The number of aromatic nitrogens is 1. The Balaban J connectivity index is 2.66. The molecule has 0 aliphatic rings. The van der Waals surface area contributed by atoms with Gasteiger partial charge in [-0.25, -0.2) is 0 Å². The summed E-state index contributed by atoms with van der Waals surface area (Å²) in [5, 5.41) is 0. The number of hydrogen-bond acceptors (Lipinski definition) is 4. The van der Waals surface area contributed by atoms with Crippen molar-refractivity contribution in [2.45, 2.75) is 6.92 Å². The van der Waals surface area contributed by atoms with Crippen LogP contribution in [0.15, 0.2) is 27.5 Å². The van der Waals surface area contributed by atoms with E-state index in [1.54, 1.807) is 6.92 Å². The van der Waals surface area contributed by atoms with E-state index in [0.717, 1.165) is 0 Å². The van der Waals surface area contributed by atoms with Crippen LogP contribution >= 0.6 is 0 Å². The number of aryl methyl sites for hydroxylation is 1. The zero-order chi connectivity index (χ0) is 13.3. The molecular weight excluding hydrogens is 236 g/mol. The van der Waals surface area contributed by atoms with Crippen LogP contribution < -0.4 is 11.2 Å². The molecule has 6 nitrogen and oxygen atoms in total. The fourth-order valence-electron chi connectivity index (χ4n) is 1.66. The predicted octanol–water partition coefficient (Wildman–Crippen LogP) is 0.855. The van der Waals surface area contributed by atoms with Crippen molar-refractivity contribution >= 4 is 12.2 Å². The fourth-order valence-corrected chi connectivity index (χ4v) is 1.66. The van der Waals surface area contributed by atoms with Crippen molar-refractivity contribution in [1.29, 1.82) is 0 Å². The van der Waals surface area contributed by atoms with Gasteiger partial charge in [-0.15, -0.1) is 0 Å². The number of nitrogens with one attached hydrogen (secondary N) is 1. The topological polar surface area (TPSA) is 106 Å². The molecule has 2 rings (SSSR count). The first kappa shape index (κ1) is 11.8. The monoisotopic (exact) mass is 246 g/mol. The average molecular weight is 246 g/mol. The van der Waals surface area contributed by atoms with E-state index in [2.05, 4.69) is 4.98 Å². The Morgan fingerprint density at radius 3 is 2.72 bits per heavy atom. The summed E-state index contributed by atoms with van der Waals surface area (Å²) in [6.45, 7) is 1.57. The first-order valence-corrected chi connectivity index (χ1v) is 5.12. The quantitative estimate of drug-likeness (QED) is 0.783. The van der Waals surface area contributed by atoms with Gasteiger partial charge in [0.2, 0.25) is 5.43 Å². The zero-order valence-corrected chi connectivity index (χ0v) is 9.52. The molecule has 0 aliphatic carbocycles. The van der Waals surface area contributed by atoms with Crippen molar-refractivity contribution in [3.63, 3.8) is 0 Å². The molecule has 1 amide bonds. The van der Waals surface area contributed by atoms with Crippen molar-refractivity contribution in [3.05, 3.63) is 45.6 Å². The van der Waals surface area contributed by atoms with E-state index in [4.69, 9.17) is 10.2 Å². The highest BCUT2D eigenvalue weighted by molar-refractivity contribution is 5.94. The van der Waals surface area contributed by atoms with Crippen LogP contribution in [0.2, 0.25) is 0 Å². The van der Waals surface area contributed by atoms with Crippen LogP contribution in [0.25, 0.3) is 11.3 Å². The second-order valence-corrected chi connectivity index (χ2v) is 3.72. The summed E-state index contributed by atoms with van der Waals surface area (Å²) >= 11 is 0. The maximum atomic E-state index is 12.1. The van der Waals surface area contributed by atoms with Gasteiger partial charge >= 0.3 is 0 Å².